The van der Waals surface area contributed by atoms with Crippen LogP contribution in [0.2, 0.25) is 0 Å². The summed E-state index contributed by atoms with van der Waals surface area (Å²) in [5.74, 6) is 0. The SMILES string of the molecule is O=S(=O)(N=C1NOCCO1)c1ccn[nH]1. The van der Waals surface area contributed by atoms with Crippen molar-refractivity contribution in [2.45, 2.75) is 5.03 Å². The molecule has 15 heavy (non-hydrogen) atoms. The molecule has 0 atom stereocenters. The smallest absolute Gasteiger partial charge is 0.325 e. The monoisotopic (exact) mass is 232 g/mol. The second-order valence-electron chi connectivity index (χ2n) is 2.59. The van der Waals surface area contributed by atoms with Gasteiger partial charge in [-0.15, -0.1) is 4.40 Å². The number of sulfonamides is 1. The summed E-state index contributed by atoms with van der Waals surface area (Å²) in [7, 11) is -3.81. The Morgan fingerprint density at radius 3 is 2.93 bits per heavy atom. The zero-order chi connectivity index (χ0) is 10.7. The van der Waals surface area contributed by atoms with Gasteiger partial charge in [-0.25, -0.2) is 5.48 Å². The molecule has 0 unspecified atom stereocenters. The van der Waals surface area contributed by atoms with Gasteiger partial charge in [0.25, 0.3) is 0 Å². The van der Waals surface area contributed by atoms with Crippen LogP contribution in [0.5, 0.6) is 0 Å². The molecule has 2 rings (SSSR count). The summed E-state index contributed by atoms with van der Waals surface area (Å²) in [6.07, 6.45) is 1.32. The predicted molar refractivity (Wildman–Crippen MR) is 48.2 cm³/mol. The maximum atomic E-state index is 11.5. The fourth-order valence-electron chi connectivity index (χ4n) is 0.912. The Morgan fingerprint density at radius 2 is 2.33 bits per heavy atom. The summed E-state index contributed by atoms with van der Waals surface area (Å²) >= 11 is 0. The van der Waals surface area contributed by atoms with E-state index in [4.69, 9.17) is 9.57 Å². The van der Waals surface area contributed by atoms with Crippen LogP contribution < -0.4 is 5.48 Å². The van der Waals surface area contributed by atoms with Gasteiger partial charge < -0.3 is 4.74 Å². The van der Waals surface area contributed by atoms with Gasteiger partial charge in [-0.1, -0.05) is 0 Å². The number of hydrogen-bond acceptors (Lipinski definition) is 5. The van der Waals surface area contributed by atoms with Gasteiger partial charge in [0.1, 0.15) is 13.2 Å². The van der Waals surface area contributed by atoms with E-state index in [2.05, 4.69) is 20.1 Å². The highest BCUT2D eigenvalue weighted by Gasteiger charge is 2.18. The van der Waals surface area contributed by atoms with Crippen LogP contribution >= 0.6 is 0 Å². The zero-order valence-electron chi connectivity index (χ0n) is 7.50. The van der Waals surface area contributed by atoms with Gasteiger partial charge in [0.15, 0.2) is 5.03 Å². The van der Waals surface area contributed by atoms with Crippen LogP contribution in [-0.2, 0) is 19.6 Å². The number of ether oxygens (including phenoxy) is 1. The van der Waals surface area contributed by atoms with E-state index in [-0.39, 0.29) is 17.7 Å². The summed E-state index contributed by atoms with van der Waals surface area (Å²) in [4.78, 5) is 4.75. The highest BCUT2D eigenvalue weighted by atomic mass is 32.2. The minimum Gasteiger partial charge on any atom is -0.461 e. The second kappa shape index (κ2) is 3.87. The Hall–Kier alpha value is -1.61. The van der Waals surface area contributed by atoms with Gasteiger partial charge >= 0.3 is 16.0 Å². The molecule has 0 spiro atoms. The van der Waals surface area contributed by atoms with E-state index in [0.717, 1.165) is 0 Å². The fourth-order valence-corrected chi connectivity index (χ4v) is 1.72. The number of hydrogen-bond donors (Lipinski definition) is 2. The highest BCUT2D eigenvalue weighted by Crippen LogP contribution is 2.07. The lowest BCUT2D eigenvalue weighted by molar-refractivity contribution is 0.00253. The molecule has 1 saturated heterocycles. The Bertz CT molecular complexity index is 443. The van der Waals surface area contributed by atoms with Gasteiger partial charge in [-0.2, -0.15) is 13.5 Å². The molecular formula is C6H8N4O4S. The third kappa shape index (κ3) is 2.25. The molecule has 2 heterocycles. The van der Waals surface area contributed by atoms with E-state index < -0.39 is 10.0 Å². The summed E-state index contributed by atoms with van der Waals surface area (Å²) < 4.78 is 31.3. The normalized spacial score (nSPS) is 19.6. The van der Waals surface area contributed by atoms with Gasteiger partial charge in [0, 0.05) is 0 Å². The summed E-state index contributed by atoms with van der Waals surface area (Å²) in [5.41, 5.74) is 2.25. The predicted octanol–water partition coefficient (Wildman–Crippen LogP) is -0.994. The number of nitrogens with zero attached hydrogens (tertiary/aromatic N) is 2. The first-order valence-corrected chi connectivity index (χ1v) is 5.47. The molecular weight excluding hydrogens is 224 g/mol. The van der Waals surface area contributed by atoms with E-state index in [9.17, 15) is 8.42 Å². The van der Waals surface area contributed by atoms with Crippen molar-refractivity contribution in [2.24, 2.45) is 4.40 Å². The minimum absolute atomic E-state index is 0.106. The van der Waals surface area contributed by atoms with Crippen LogP contribution in [0.4, 0.5) is 0 Å². The van der Waals surface area contributed by atoms with Gasteiger partial charge in [0.2, 0.25) is 0 Å². The maximum absolute atomic E-state index is 11.5. The quantitative estimate of drug-likeness (QED) is 0.678. The van der Waals surface area contributed by atoms with Crippen molar-refractivity contribution in [1.82, 2.24) is 15.7 Å². The summed E-state index contributed by atoms with van der Waals surface area (Å²) in [6, 6.07) is 1.11. The molecule has 0 radical (unpaired) electrons. The number of nitrogens with one attached hydrogen (secondary N) is 2. The fraction of sp³-hybridized carbons (Fsp3) is 0.333. The number of rotatable bonds is 2. The molecule has 2 N–H and O–H groups in total. The zero-order valence-corrected chi connectivity index (χ0v) is 8.32. The average Bonchev–Trinajstić information content (AvgIpc) is 2.71. The number of hydroxylamine groups is 1. The van der Waals surface area contributed by atoms with E-state index in [1.165, 1.54) is 12.3 Å². The van der Waals surface area contributed by atoms with E-state index >= 15 is 0 Å². The Morgan fingerprint density at radius 1 is 1.47 bits per heavy atom. The summed E-state index contributed by atoms with van der Waals surface area (Å²) in [6.45, 7) is 0.591. The van der Waals surface area contributed by atoms with E-state index in [0.29, 0.717) is 6.61 Å². The molecule has 0 bridgehead atoms. The first-order chi connectivity index (χ1) is 7.18. The lowest BCUT2D eigenvalue weighted by atomic mass is 10.8. The van der Waals surface area contributed by atoms with Crippen LogP contribution in [0.1, 0.15) is 0 Å². The summed E-state index contributed by atoms with van der Waals surface area (Å²) in [5, 5.41) is 5.71. The van der Waals surface area contributed by atoms with Crippen LogP contribution in [0.3, 0.4) is 0 Å². The van der Waals surface area contributed by atoms with Gasteiger partial charge in [0.05, 0.1) is 6.20 Å². The van der Waals surface area contributed by atoms with E-state index in [1.54, 1.807) is 0 Å². The largest absolute Gasteiger partial charge is 0.461 e. The molecule has 1 aromatic rings. The lowest BCUT2D eigenvalue weighted by Crippen LogP contribution is -2.35. The highest BCUT2D eigenvalue weighted by molar-refractivity contribution is 7.90. The molecule has 1 fully saturated rings. The Balaban J connectivity index is 2.23. The first-order valence-electron chi connectivity index (χ1n) is 4.03. The van der Waals surface area contributed by atoms with E-state index in [1.807, 2.05) is 0 Å². The molecule has 0 saturated carbocycles. The van der Waals surface area contributed by atoms with Crippen molar-refractivity contribution in [3.8, 4) is 0 Å². The third-order valence-electron chi connectivity index (χ3n) is 1.54. The third-order valence-corrected chi connectivity index (χ3v) is 2.73. The molecule has 82 valence electrons. The van der Waals surface area contributed by atoms with Crippen LogP contribution in [0.25, 0.3) is 0 Å². The number of aromatic nitrogens is 2. The number of H-pyrrole nitrogens is 1. The lowest BCUT2D eigenvalue weighted by Gasteiger charge is -2.15. The Kier molecular flexibility index (Phi) is 2.56. The number of aromatic amines is 1. The van der Waals surface area contributed by atoms with Gasteiger partial charge in [-0.05, 0) is 6.07 Å². The minimum atomic E-state index is -3.81. The maximum Gasteiger partial charge on any atom is 0.325 e. The molecule has 0 aliphatic carbocycles. The molecule has 9 heteroatoms. The van der Waals surface area contributed by atoms with Gasteiger partial charge in [-0.3, -0.25) is 9.94 Å². The van der Waals surface area contributed by atoms with Crippen molar-refractivity contribution in [1.29, 1.82) is 0 Å². The van der Waals surface area contributed by atoms with Crippen molar-refractivity contribution in [2.75, 3.05) is 13.2 Å². The standard InChI is InChI=1S/C6H8N4O4S/c11-15(12,5-1-2-7-8-5)10-6-9-14-4-3-13-6/h1-2H,3-4H2,(H,7,8)(H,9,10). The van der Waals surface area contributed by atoms with Crippen LogP contribution in [0, 0.1) is 0 Å². The van der Waals surface area contributed by atoms with Crippen molar-refractivity contribution in [3.05, 3.63) is 12.3 Å². The Labute approximate surface area is 85.3 Å². The van der Waals surface area contributed by atoms with Crippen molar-refractivity contribution < 1.29 is 18.0 Å². The van der Waals surface area contributed by atoms with Crippen LogP contribution in [0.15, 0.2) is 21.7 Å². The van der Waals surface area contributed by atoms with Crippen molar-refractivity contribution >= 4 is 16.0 Å². The first kappa shape index (κ1) is 9.93. The van der Waals surface area contributed by atoms with Crippen molar-refractivity contribution in [3.63, 3.8) is 0 Å². The van der Waals surface area contributed by atoms with Crippen LogP contribution in [-0.4, -0.2) is 37.9 Å². The molecule has 0 aromatic carbocycles. The molecule has 1 aliphatic rings. The molecule has 1 aromatic heterocycles. The number of amidine groups is 1. The topological polar surface area (TPSA) is 106 Å². The molecule has 0 amide bonds. The molecule has 8 nitrogen and oxygen atoms in total. The average molecular weight is 232 g/mol. The molecule has 1 aliphatic heterocycles. The second-order valence-corrected chi connectivity index (χ2v) is 4.16.